The molecule has 0 unspecified atom stereocenters. The molecule has 0 saturated heterocycles. The Morgan fingerprint density at radius 1 is 1.10 bits per heavy atom. The van der Waals surface area contributed by atoms with Gasteiger partial charge in [0.1, 0.15) is 17.1 Å². The van der Waals surface area contributed by atoms with Gasteiger partial charge in [0, 0.05) is 0 Å². The number of hydrogen-bond donors (Lipinski definition) is 4. The van der Waals surface area contributed by atoms with E-state index in [1.165, 1.54) is 18.2 Å². The maximum absolute atomic E-state index is 12.2. The molecule has 2 rings (SSSR count). The van der Waals surface area contributed by atoms with Gasteiger partial charge in [-0.25, -0.2) is 0 Å². The van der Waals surface area contributed by atoms with Crippen LogP contribution in [0.25, 0.3) is 0 Å². The zero-order valence-electron chi connectivity index (χ0n) is 11.3. The van der Waals surface area contributed by atoms with Crippen LogP contribution >= 0.6 is 0 Å². The van der Waals surface area contributed by atoms with Gasteiger partial charge >= 0.3 is 0 Å². The van der Waals surface area contributed by atoms with Crippen LogP contribution in [-0.2, 0) is 0 Å². The predicted molar refractivity (Wildman–Crippen MR) is 78.1 cm³/mol. The van der Waals surface area contributed by atoms with Gasteiger partial charge in [-0.1, -0.05) is 12.1 Å². The molecular weight excluding hydrogens is 256 g/mol. The van der Waals surface area contributed by atoms with Gasteiger partial charge in [0.15, 0.2) is 0 Å². The topological polar surface area (TPSA) is 95.6 Å². The number of hydrogen-bond acceptors (Lipinski definition) is 4. The van der Waals surface area contributed by atoms with E-state index in [1.807, 2.05) is 19.9 Å². The van der Waals surface area contributed by atoms with Gasteiger partial charge < -0.3 is 21.3 Å². The van der Waals surface area contributed by atoms with Crippen molar-refractivity contribution in [1.29, 1.82) is 0 Å². The fourth-order valence-electron chi connectivity index (χ4n) is 1.94. The molecule has 2 aromatic rings. The number of nitrogens with two attached hydrogens (primary N) is 1. The van der Waals surface area contributed by atoms with Crippen molar-refractivity contribution in [1.82, 2.24) is 0 Å². The molecule has 5 heteroatoms. The molecule has 0 radical (unpaired) electrons. The summed E-state index contributed by atoms with van der Waals surface area (Å²) in [5.41, 5.74) is 8.41. The number of phenolic OH excluding ortho intramolecular Hbond substituents is 2. The lowest BCUT2D eigenvalue weighted by Crippen LogP contribution is -2.15. The third-order valence-electron chi connectivity index (χ3n) is 3.25. The Balaban J connectivity index is 2.41. The number of benzene rings is 2. The van der Waals surface area contributed by atoms with Crippen molar-refractivity contribution in [3.05, 3.63) is 47.0 Å². The highest BCUT2D eigenvalue weighted by Gasteiger charge is 2.18. The summed E-state index contributed by atoms with van der Waals surface area (Å²) in [7, 11) is 0. The molecule has 2 aromatic carbocycles. The maximum atomic E-state index is 12.2. The standard InChI is InChI=1S/C15H16N2O3/c1-8-6-7-10(16)14(9(8)2)17-15(20)13-11(18)4-3-5-12(13)19/h3-7,18-19H,16H2,1-2H3,(H,17,20). The Morgan fingerprint density at radius 2 is 1.70 bits per heavy atom. The van der Waals surface area contributed by atoms with E-state index in [0.717, 1.165) is 11.1 Å². The first-order chi connectivity index (χ1) is 9.41. The van der Waals surface area contributed by atoms with Crippen LogP contribution in [0.4, 0.5) is 11.4 Å². The molecule has 0 aliphatic carbocycles. The molecule has 5 N–H and O–H groups in total. The minimum Gasteiger partial charge on any atom is -0.507 e. The summed E-state index contributed by atoms with van der Waals surface area (Å²) < 4.78 is 0. The van der Waals surface area contributed by atoms with E-state index in [9.17, 15) is 15.0 Å². The Hall–Kier alpha value is -2.69. The van der Waals surface area contributed by atoms with Crippen LogP contribution in [0.15, 0.2) is 30.3 Å². The van der Waals surface area contributed by atoms with E-state index >= 15 is 0 Å². The van der Waals surface area contributed by atoms with E-state index in [0.29, 0.717) is 11.4 Å². The molecule has 0 aliphatic rings. The lowest BCUT2D eigenvalue weighted by molar-refractivity contribution is 0.102. The summed E-state index contributed by atoms with van der Waals surface area (Å²) in [6.07, 6.45) is 0. The highest BCUT2D eigenvalue weighted by molar-refractivity contribution is 6.09. The van der Waals surface area contributed by atoms with E-state index in [1.54, 1.807) is 6.07 Å². The van der Waals surface area contributed by atoms with Gasteiger partial charge in [-0.3, -0.25) is 4.79 Å². The average molecular weight is 272 g/mol. The highest BCUT2D eigenvalue weighted by atomic mass is 16.3. The van der Waals surface area contributed by atoms with Crippen LogP contribution in [0.3, 0.4) is 0 Å². The molecule has 0 aromatic heterocycles. The number of aryl methyl sites for hydroxylation is 1. The van der Waals surface area contributed by atoms with E-state index in [2.05, 4.69) is 5.32 Å². The first-order valence-corrected chi connectivity index (χ1v) is 6.09. The summed E-state index contributed by atoms with van der Waals surface area (Å²) in [5, 5.41) is 22.0. The minimum atomic E-state index is -0.610. The first-order valence-electron chi connectivity index (χ1n) is 6.09. The van der Waals surface area contributed by atoms with Crippen molar-refractivity contribution >= 4 is 17.3 Å². The van der Waals surface area contributed by atoms with Crippen LogP contribution in [0.2, 0.25) is 0 Å². The minimum absolute atomic E-state index is 0.173. The van der Waals surface area contributed by atoms with Crippen molar-refractivity contribution in [2.45, 2.75) is 13.8 Å². The molecular formula is C15H16N2O3. The van der Waals surface area contributed by atoms with Crippen LogP contribution in [0.1, 0.15) is 21.5 Å². The molecule has 0 heterocycles. The molecule has 104 valence electrons. The van der Waals surface area contributed by atoms with E-state index in [-0.39, 0.29) is 17.1 Å². The maximum Gasteiger partial charge on any atom is 0.263 e. The molecule has 0 saturated carbocycles. The summed E-state index contributed by atoms with van der Waals surface area (Å²) in [5.74, 6) is -1.18. The third-order valence-corrected chi connectivity index (χ3v) is 3.25. The van der Waals surface area contributed by atoms with Crippen molar-refractivity contribution in [2.75, 3.05) is 11.1 Å². The average Bonchev–Trinajstić information content (AvgIpc) is 2.39. The summed E-state index contributed by atoms with van der Waals surface area (Å²) in [6.45, 7) is 3.74. The van der Waals surface area contributed by atoms with Gasteiger partial charge in [-0.15, -0.1) is 0 Å². The molecule has 1 amide bonds. The van der Waals surface area contributed by atoms with Gasteiger partial charge in [0.25, 0.3) is 5.91 Å². The smallest absolute Gasteiger partial charge is 0.263 e. The summed E-state index contributed by atoms with van der Waals surface area (Å²) in [4.78, 5) is 12.2. The zero-order chi connectivity index (χ0) is 14.9. The Labute approximate surface area is 116 Å². The molecule has 0 atom stereocenters. The van der Waals surface area contributed by atoms with Crippen LogP contribution in [0, 0.1) is 13.8 Å². The van der Waals surface area contributed by atoms with E-state index in [4.69, 9.17) is 5.73 Å². The lowest BCUT2D eigenvalue weighted by Gasteiger charge is -2.14. The zero-order valence-corrected chi connectivity index (χ0v) is 11.3. The fraction of sp³-hybridized carbons (Fsp3) is 0.133. The number of nitrogen functional groups attached to an aromatic ring is 1. The van der Waals surface area contributed by atoms with Crippen molar-refractivity contribution in [3.8, 4) is 11.5 Å². The van der Waals surface area contributed by atoms with Crippen LogP contribution in [0.5, 0.6) is 11.5 Å². The second-order valence-corrected chi connectivity index (χ2v) is 4.60. The molecule has 0 spiro atoms. The molecule has 0 fully saturated rings. The Kier molecular flexibility index (Phi) is 3.52. The second-order valence-electron chi connectivity index (χ2n) is 4.60. The SMILES string of the molecule is Cc1ccc(N)c(NC(=O)c2c(O)cccc2O)c1C. The van der Waals surface area contributed by atoms with Crippen LogP contribution in [-0.4, -0.2) is 16.1 Å². The summed E-state index contributed by atoms with van der Waals surface area (Å²) >= 11 is 0. The van der Waals surface area contributed by atoms with Gasteiger partial charge in [-0.2, -0.15) is 0 Å². The summed E-state index contributed by atoms with van der Waals surface area (Å²) in [6, 6.07) is 7.68. The number of aromatic hydroxyl groups is 2. The van der Waals surface area contributed by atoms with E-state index < -0.39 is 5.91 Å². The molecule has 20 heavy (non-hydrogen) atoms. The number of carbonyl (C=O) groups is 1. The van der Waals surface area contributed by atoms with Crippen LogP contribution < -0.4 is 11.1 Å². The predicted octanol–water partition coefficient (Wildman–Crippen LogP) is 2.55. The van der Waals surface area contributed by atoms with Crippen molar-refractivity contribution < 1.29 is 15.0 Å². The molecule has 0 aliphatic heterocycles. The Morgan fingerprint density at radius 3 is 2.30 bits per heavy atom. The quantitative estimate of drug-likeness (QED) is 0.632. The number of amides is 1. The molecule has 5 nitrogen and oxygen atoms in total. The number of rotatable bonds is 2. The Bertz CT molecular complexity index is 661. The number of nitrogens with one attached hydrogen (secondary N) is 1. The number of carbonyl (C=O) groups excluding carboxylic acids is 1. The highest BCUT2D eigenvalue weighted by Crippen LogP contribution is 2.30. The lowest BCUT2D eigenvalue weighted by atomic mass is 10.1. The van der Waals surface area contributed by atoms with Gasteiger partial charge in [0.05, 0.1) is 11.4 Å². The van der Waals surface area contributed by atoms with Crippen molar-refractivity contribution in [2.24, 2.45) is 0 Å². The monoisotopic (exact) mass is 272 g/mol. The second kappa shape index (κ2) is 5.13. The van der Waals surface area contributed by atoms with Crippen molar-refractivity contribution in [3.63, 3.8) is 0 Å². The van der Waals surface area contributed by atoms with Gasteiger partial charge in [-0.05, 0) is 43.2 Å². The largest absolute Gasteiger partial charge is 0.507 e. The molecule has 0 bridgehead atoms. The number of anilines is 2. The third kappa shape index (κ3) is 2.38. The van der Waals surface area contributed by atoms with Gasteiger partial charge in [0.2, 0.25) is 0 Å². The normalized spacial score (nSPS) is 10.3. The number of phenols is 2. The fourth-order valence-corrected chi connectivity index (χ4v) is 1.94. The first kappa shape index (κ1) is 13.7.